The zero-order chi connectivity index (χ0) is 15.1. The van der Waals surface area contributed by atoms with Gasteiger partial charge in [-0.05, 0) is 6.42 Å². The van der Waals surface area contributed by atoms with Crippen molar-refractivity contribution < 1.29 is 19.7 Å². The van der Waals surface area contributed by atoms with Crippen molar-refractivity contribution in [2.45, 2.75) is 32.7 Å². The number of ether oxygens (including phenoxy) is 2. The zero-order valence-corrected chi connectivity index (χ0v) is 11.2. The van der Waals surface area contributed by atoms with Gasteiger partial charge in [-0.3, -0.25) is 4.57 Å². The summed E-state index contributed by atoms with van der Waals surface area (Å²) < 4.78 is 11.2. The number of nitrogens with two attached hydrogens (primary N) is 1. The number of hydrogen-bond acceptors (Lipinski definition) is 7. The van der Waals surface area contributed by atoms with E-state index in [0.29, 0.717) is 18.6 Å². The van der Waals surface area contributed by atoms with Gasteiger partial charge in [-0.15, -0.1) is 6.58 Å². The van der Waals surface area contributed by atoms with Gasteiger partial charge in [0.1, 0.15) is 12.0 Å². The SMILES string of the molecule is C=CCOCc1cn([C@@H](CC)OC(O)O)c(=O)nc1N. The zero-order valence-electron chi connectivity index (χ0n) is 11.2. The van der Waals surface area contributed by atoms with Crippen LogP contribution >= 0.6 is 0 Å². The van der Waals surface area contributed by atoms with Crippen LogP contribution in [0.3, 0.4) is 0 Å². The molecule has 8 nitrogen and oxygen atoms in total. The van der Waals surface area contributed by atoms with Crippen LogP contribution in [0.4, 0.5) is 5.82 Å². The second-order valence-electron chi connectivity index (χ2n) is 3.97. The van der Waals surface area contributed by atoms with E-state index in [0.717, 1.165) is 4.57 Å². The minimum Gasteiger partial charge on any atom is -0.383 e. The maximum Gasteiger partial charge on any atom is 0.351 e. The Morgan fingerprint density at radius 3 is 2.85 bits per heavy atom. The Labute approximate surface area is 116 Å². The Bertz CT molecular complexity index is 500. The van der Waals surface area contributed by atoms with Crippen LogP contribution < -0.4 is 11.4 Å². The molecule has 0 saturated carbocycles. The molecule has 1 atom stereocenters. The van der Waals surface area contributed by atoms with Crippen molar-refractivity contribution in [3.05, 3.63) is 34.9 Å². The molecule has 0 aliphatic carbocycles. The molecule has 0 aliphatic heterocycles. The Balaban J connectivity index is 3.02. The molecule has 0 bridgehead atoms. The average molecular weight is 285 g/mol. The smallest absolute Gasteiger partial charge is 0.351 e. The maximum absolute atomic E-state index is 11.8. The van der Waals surface area contributed by atoms with Crippen LogP contribution in [0.5, 0.6) is 0 Å². The Kier molecular flexibility index (Phi) is 6.32. The molecule has 0 saturated heterocycles. The molecule has 0 radical (unpaired) electrons. The molecule has 0 unspecified atom stereocenters. The van der Waals surface area contributed by atoms with E-state index in [4.69, 9.17) is 25.4 Å². The van der Waals surface area contributed by atoms with Crippen LogP contribution in [0.15, 0.2) is 23.6 Å². The fraction of sp³-hybridized carbons (Fsp3) is 0.500. The van der Waals surface area contributed by atoms with E-state index in [1.807, 2.05) is 0 Å². The lowest BCUT2D eigenvalue weighted by Crippen LogP contribution is -2.31. The van der Waals surface area contributed by atoms with Crippen molar-refractivity contribution in [2.24, 2.45) is 0 Å². The molecule has 0 amide bonds. The summed E-state index contributed by atoms with van der Waals surface area (Å²) in [5.74, 6) is 0.0645. The Hall–Kier alpha value is -1.74. The molecule has 0 aliphatic rings. The monoisotopic (exact) mass is 285 g/mol. The molecule has 112 valence electrons. The summed E-state index contributed by atoms with van der Waals surface area (Å²) in [5.41, 5.74) is 5.51. The van der Waals surface area contributed by atoms with Crippen molar-refractivity contribution in [3.63, 3.8) is 0 Å². The van der Waals surface area contributed by atoms with Gasteiger partial charge in [-0.25, -0.2) is 4.79 Å². The lowest BCUT2D eigenvalue weighted by Gasteiger charge is -2.20. The highest BCUT2D eigenvalue weighted by Crippen LogP contribution is 2.15. The van der Waals surface area contributed by atoms with E-state index in [2.05, 4.69) is 11.6 Å². The highest BCUT2D eigenvalue weighted by atomic mass is 16.7. The molecule has 0 fully saturated rings. The molecule has 1 rings (SSSR count). The number of anilines is 1. The van der Waals surface area contributed by atoms with E-state index in [1.165, 1.54) is 6.20 Å². The van der Waals surface area contributed by atoms with Crippen molar-refractivity contribution in [3.8, 4) is 0 Å². The quantitative estimate of drug-likeness (QED) is 0.341. The third-order valence-electron chi connectivity index (χ3n) is 2.49. The van der Waals surface area contributed by atoms with Gasteiger partial charge in [0.15, 0.2) is 0 Å². The normalized spacial score (nSPS) is 12.6. The number of nitrogen functional groups attached to an aromatic ring is 1. The molecular formula is C12H19N3O5. The summed E-state index contributed by atoms with van der Waals surface area (Å²) in [6, 6.07) is 0. The fourth-order valence-electron chi connectivity index (χ4n) is 1.59. The molecule has 20 heavy (non-hydrogen) atoms. The summed E-state index contributed by atoms with van der Waals surface area (Å²) >= 11 is 0. The number of aliphatic hydroxyl groups is 2. The molecule has 1 aromatic heterocycles. The topological polar surface area (TPSA) is 120 Å². The van der Waals surface area contributed by atoms with Crippen LogP contribution in [0.1, 0.15) is 25.1 Å². The largest absolute Gasteiger partial charge is 0.383 e. The van der Waals surface area contributed by atoms with Gasteiger partial charge in [-0.1, -0.05) is 13.0 Å². The third kappa shape index (κ3) is 4.42. The van der Waals surface area contributed by atoms with Gasteiger partial charge in [-0.2, -0.15) is 4.98 Å². The Morgan fingerprint density at radius 2 is 2.30 bits per heavy atom. The molecule has 1 aromatic rings. The highest BCUT2D eigenvalue weighted by Gasteiger charge is 2.16. The minimum absolute atomic E-state index is 0.0645. The summed E-state index contributed by atoms with van der Waals surface area (Å²) in [4.78, 5) is 15.4. The van der Waals surface area contributed by atoms with Crippen LogP contribution in [-0.4, -0.2) is 32.8 Å². The Morgan fingerprint density at radius 1 is 1.60 bits per heavy atom. The van der Waals surface area contributed by atoms with Gasteiger partial charge in [0.05, 0.1) is 13.2 Å². The molecule has 0 aromatic carbocycles. The molecule has 8 heteroatoms. The molecule has 1 heterocycles. The van der Waals surface area contributed by atoms with Crippen molar-refractivity contribution in [1.29, 1.82) is 0 Å². The first kappa shape index (κ1) is 16.3. The summed E-state index contributed by atoms with van der Waals surface area (Å²) in [6.45, 7) is 3.75. The van der Waals surface area contributed by atoms with Crippen LogP contribution in [-0.2, 0) is 16.1 Å². The summed E-state index contributed by atoms with van der Waals surface area (Å²) in [5, 5.41) is 17.7. The van der Waals surface area contributed by atoms with Gasteiger partial charge >= 0.3 is 5.69 Å². The van der Waals surface area contributed by atoms with E-state index >= 15 is 0 Å². The average Bonchev–Trinajstić information content (AvgIpc) is 2.39. The standard InChI is InChI=1S/C12H19N3O5/c1-3-5-19-7-8-6-15(11(16)14-10(8)13)9(4-2)20-12(17)18/h3,6,9,12,17-18H,1,4-5,7H2,2H3,(H2,13,14,16)/t9-/m1/s1. The molecular weight excluding hydrogens is 266 g/mol. The van der Waals surface area contributed by atoms with Crippen LogP contribution in [0, 0.1) is 0 Å². The first-order chi connectivity index (χ1) is 9.49. The number of nitrogens with zero attached hydrogens (tertiary/aromatic N) is 2. The van der Waals surface area contributed by atoms with Crippen LogP contribution in [0.25, 0.3) is 0 Å². The second kappa shape index (κ2) is 7.75. The molecule has 0 spiro atoms. The minimum atomic E-state index is -1.98. The third-order valence-corrected chi connectivity index (χ3v) is 2.49. The van der Waals surface area contributed by atoms with Gasteiger partial charge in [0.2, 0.25) is 0 Å². The van der Waals surface area contributed by atoms with Crippen molar-refractivity contribution in [1.82, 2.24) is 9.55 Å². The lowest BCUT2D eigenvalue weighted by molar-refractivity contribution is -0.272. The first-order valence-corrected chi connectivity index (χ1v) is 6.07. The summed E-state index contributed by atoms with van der Waals surface area (Å²) in [7, 11) is 0. The lowest BCUT2D eigenvalue weighted by atomic mass is 10.3. The van der Waals surface area contributed by atoms with E-state index in [1.54, 1.807) is 13.0 Å². The number of aromatic nitrogens is 2. The van der Waals surface area contributed by atoms with Crippen LogP contribution in [0.2, 0.25) is 0 Å². The second-order valence-corrected chi connectivity index (χ2v) is 3.97. The van der Waals surface area contributed by atoms with Crippen molar-refractivity contribution in [2.75, 3.05) is 12.3 Å². The summed E-state index contributed by atoms with van der Waals surface area (Å²) in [6.07, 6.45) is 2.51. The predicted molar refractivity (Wildman–Crippen MR) is 71.4 cm³/mol. The number of hydrogen-bond donors (Lipinski definition) is 3. The predicted octanol–water partition coefficient (Wildman–Crippen LogP) is -0.278. The fourth-order valence-corrected chi connectivity index (χ4v) is 1.59. The van der Waals surface area contributed by atoms with Gasteiger partial charge in [0, 0.05) is 11.8 Å². The molecule has 4 N–H and O–H groups in total. The van der Waals surface area contributed by atoms with E-state index < -0.39 is 18.4 Å². The van der Waals surface area contributed by atoms with E-state index in [-0.39, 0.29) is 12.4 Å². The first-order valence-electron chi connectivity index (χ1n) is 6.07. The van der Waals surface area contributed by atoms with E-state index in [9.17, 15) is 4.79 Å². The maximum atomic E-state index is 11.8. The van der Waals surface area contributed by atoms with Crippen molar-refractivity contribution >= 4 is 5.82 Å². The van der Waals surface area contributed by atoms with Gasteiger partial charge < -0.3 is 25.4 Å². The van der Waals surface area contributed by atoms with Gasteiger partial charge in [0.25, 0.3) is 6.48 Å². The highest BCUT2D eigenvalue weighted by molar-refractivity contribution is 5.36. The number of rotatable bonds is 8. The number of aliphatic hydroxyl groups excluding tert-OH is 1.